The van der Waals surface area contributed by atoms with E-state index in [4.69, 9.17) is 28.4 Å². The van der Waals surface area contributed by atoms with Crippen molar-refractivity contribution in [3.05, 3.63) is 47.9 Å². The van der Waals surface area contributed by atoms with Gasteiger partial charge in [0.15, 0.2) is 12.6 Å². The van der Waals surface area contributed by atoms with Crippen LogP contribution in [0.25, 0.3) is 10.9 Å². The van der Waals surface area contributed by atoms with Gasteiger partial charge in [-0.25, -0.2) is 0 Å². The first-order chi connectivity index (χ1) is 33.8. The number of para-hydroxylation sites is 1. The van der Waals surface area contributed by atoms with E-state index in [0.717, 1.165) is 25.0 Å². The van der Waals surface area contributed by atoms with Crippen LogP contribution < -0.4 is 0 Å². The van der Waals surface area contributed by atoms with Crippen LogP contribution in [0.15, 0.2) is 36.7 Å². The number of hydrogen-bond donors (Lipinski definition) is 5. The molecule has 3 saturated heterocycles. The molecule has 3 aliphatic rings. The van der Waals surface area contributed by atoms with E-state index in [-0.39, 0.29) is 37.3 Å². The Balaban J connectivity index is 1.27. The predicted molar refractivity (Wildman–Crippen MR) is 273 cm³/mol. The molecular weight excluding hydrogens is 925 g/mol. The molecule has 3 fully saturated rings. The van der Waals surface area contributed by atoms with Crippen LogP contribution in [0, 0.1) is 17.8 Å². The van der Waals surface area contributed by atoms with Gasteiger partial charge in [-0.3, -0.25) is 14.4 Å². The third-order valence-corrected chi connectivity index (χ3v) is 16.3. The summed E-state index contributed by atoms with van der Waals surface area (Å²) in [5.41, 5.74) is -1.19. The van der Waals surface area contributed by atoms with E-state index < -0.39 is 96.0 Å². The van der Waals surface area contributed by atoms with Crippen LogP contribution in [-0.4, -0.2) is 185 Å². The molecule has 0 saturated carbocycles. The Morgan fingerprint density at radius 3 is 2.29 bits per heavy atom. The number of methoxy groups -OCH3 is 1. The number of aliphatic hydroxyl groups is 5. The van der Waals surface area contributed by atoms with Crippen molar-refractivity contribution in [2.24, 2.45) is 24.8 Å². The first-order valence-electron chi connectivity index (χ1n) is 26.5. The Morgan fingerprint density at radius 1 is 0.903 bits per heavy atom. The number of fused-ring (bicyclic) bond motifs is 1. The lowest BCUT2D eigenvalue weighted by atomic mass is 9.77. The lowest BCUT2D eigenvalue weighted by Crippen LogP contribution is -2.60. The number of carbonyl (C=O) groups excluding carboxylic acids is 1. The topological polar surface area (TPSA) is 216 Å². The Labute approximate surface area is 428 Å². The molecule has 0 aliphatic carbocycles. The van der Waals surface area contributed by atoms with Gasteiger partial charge in [-0.2, -0.15) is 0 Å². The summed E-state index contributed by atoms with van der Waals surface area (Å²) in [7, 11) is 7.37. The number of cyclic esters (lactones) is 1. The molecule has 3 aliphatic heterocycles. The van der Waals surface area contributed by atoms with Gasteiger partial charge in [0.05, 0.1) is 47.2 Å². The van der Waals surface area contributed by atoms with Gasteiger partial charge in [-0.15, -0.1) is 5.10 Å². The van der Waals surface area contributed by atoms with Gasteiger partial charge >= 0.3 is 5.97 Å². The minimum atomic E-state index is -1.87. The van der Waals surface area contributed by atoms with Crippen molar-refractivity contribution in [1.29, 1.82) is 0 Å². The highest BCUT2D eigenvalue weighted by Gasteiger charge is 2.53. The molecule has 0 amide bonds. The summed E-state index contributed by atoms with van der Waals surface area (Å²) in [5, 5.41) is 70.5. The number of unbranched alkanes of at least 4 members (excludes halogenated alkanes) is 1. The monoisotopic (exact) mass is 1010 g/mol. The van der Waals surface area contributed by atoms with Gasteiger partial charge in [-0.05, 0) is 132 Å². The largest absolute Gasteiger partial charge is 0.459 e. The van der Waals surface area contributed by atoms with Crippen molar-refractivity contribution in [3.8, 4) is 0 Å². The summed E-state index contributed by atoms with van der Waals surface area (Å²) in [4.78, 5) is 18.7. The van der Waals surface area contributed by atoms with E-state index >= 15 is 0 Å². The van der Waals surface area contributed by atoms with Crippen molar-refractivity contribution in [2.45, 2.75) is 217 Å². The predicted octanol–water partition coefficient (Wildman–Crippen LogP) is 4.62. The summed E-state index contributed by atoms with van der Waals surface area (Å²) in [6.45, 7) is 19.5. The third kappa shape index (κ3) is 13.3. The van der Waals surface area contributed by atoms with Crippen molar-refractivity contribution in [3.63, 3.8) is 0 Å². The van der Waals surface area contributed by atoms with Gasteiger partial charge in [0, 0.05) is 75.0 Å². The lowest BCUT2D eigenvalue weighted by Gasteiger charge is -2.48. The zero-order valence-corrected chi connectivity index (χ0v) is 45.7. The van der Waals surface area contributed by atoms with Crippen LogP contribution in [0.4, 0.5) is 0 Å². The number of benzene rings is 1. The molecule has 3 aromatic rings. The minimum absolute atomic E-state index is 0.115. The maximum atomic E-state index is 14.6. The summed E-state index contributed by atoms with van der Waals surface area (Å²) in [6, 6.07) is 7.49. The smallest absolute Gasteiger partial charge is 0.311 e. The number of aliphatic hydroxyl groups excluding tert-OH is 3. The molecule has 5 heterocycles. The maximum absolute atomic E-state index is 14.6. The average molecular weight is 1020 g/mol. The third-order valence-electron chi connectivity index (χ3n) is 16.3. The van der Waals surface area contributed by atoms with Crippen LogP contribution in [0.5, 0.6) is 0 Å². The molecule has 0 bridgehead atoms. The Morgan fingerprint density at radius 2 is 1.61 bits per heavy atom. The summed E-state index contributed by atoms with van der Waals surface area (Å²) < 4.78 is 42.4. The highest BCUT2D eigenvalue weighted by molar-refractivity contribution is 5.83. The number of aryl methyl sites for hydroxylation is 4. The Hall–Kier alpha value is -3.11. The molecule has 5 N–H and O–H groups in total. The lowest BCUT2D eigenvalue weighted by molar-refractivity contribution is -0.318. The molecule has 408 valence electrons. The fraction of sp³-hybridized carbons (Fsp3) is 0.796. The van der Waals surface area contributed by atoms with E-state index in [2.05, 4.69) is 57.3 Å². The molecule has 0 spiro atoms. The molecule has 2 aromatic heterocycles. The molecule has 72 heavy (non-hydrogen) atoms. The number of esters is 1. The highest BCUT2D eigenvalue weighted by Crippen LogP contribution is 2.40. The number of ether oxygens (including phenoxy) is 6. The van der Waals surface area contributed by atoms with Crippen molar-refractivity contribution >= 4 is 16.9 Å². The second-order valence-corrected chi connectivity index (χ2v) is 22.7. The average Bonchev–Trinajstić information content (AvgIpc) is 3.93. The van der Waals surface area contributed by atoms with Crippen molar-refractivity contribution in [2.75, 3.05) is 34.3 Å². The van der Waals surface area contributed by atoms with Gasteiger partial charge in [0.2, 0.25) is 0 Å². The minimum Gasteiger partial charge on any atom is -0.459 e. The van der Waals surface area contributed by atoms with Crippen LogP contribution in [0.2, 0.25) is 0 Å². The van der Waals surface area contributed by atoms with Crippen molar-refractivity contribution < 1.29 is 58.7 Å². The highest BCUT2D eigenvalue weighted by atomic mass is 16.7. The van der Waals surface area contributed by atoms with E-state index in [1.54, 1.807) is 34.6 Å². The van der Waals surface area contributed by atoms with Gasteiger partial charge in [0.1, 0.15) is 30.0 Å². The molecule has 18 atom stereocenters. The van der Waals surface area contributed by atoms with E-state index in [1.165, 1.54) is 30.5 Å². The van der Waals surface area contributed by atoms with E-state index in [1.807, 2.05) is 57.6 Å². The number of rotatable bonds is 15. The fourth-order valence-electron chi connectivity index (χ4n) is 11.9. The number of likely N-dealkylation sites (N-methyl/N-ethyl adjacent to an activating group) is 1. The van der Waals surface area contributed by atoms with Gasteiger partial charge in [0.25, 0.3) is 0 Å². The molecule has 18 nitrogen and oxygen atoms in total. The first kappa shape index (κ1) is 58.2. The SMILES string of the molecule is CC[C@H]1OC(=O)[C@H](C)[C@@H](O[C@H]2C[C@@](C)(OC)[C@@H](O)[C@H](C)O2)[C@H](C)[C@@H](O[C@@H]2O[C@H](C)C[C@H](N(C)C)[C@H]2O)[C@](C)(O)C[C@@H](C)CN(CCCCc2cn(CCc3cn(C)c4ccccc34)nn2)[C@H](C)[C@@H](O)[C@]1(C)O. The molecule has 0 radical (unpaired) electrons. The van der Waals surface area contributed by atoms with Crippen LogP contribution >= 0.6 is 0 Å². The van der Waals surface area contributed by atoms with Crippen LogP contribution in [-0.2, 0) is 59.6 Å². The number of carbonyl (C=O) groups is 1. The summed E-state index contributed by atoms with van der Waals surface area (Å²) in [5.74, 6) is -2.74. The Kier molecular flexibility index (Phi) is 19.6. The number of hydrogen-bond acceptors (Lipinski definition) is 16. The standard InChI is InChI=1S/C54H90N6O12/c1-15-43-54(10,66)47(62)36(6)59(24-19-18-20-39-31-60(56-55-39)25-23-38-30-58(13)41-22-17-16-21-40(38)41)29-32(2)27-52(8,65)49(72-51-45(61)42(57(11)12)26-33(3)68-51)34(4)46(35(5)50(64)70-43)71-44-28-53(9,67-14)48(63)37(7)69-44/h16-17,21-22,30-37,42-49,51,61-63,65-66H,15,18-20,23-29H2,1-14H3/t32-,33-,34+,35-,36-,37+,42+,43-,44+,45-,46+,47-,48+,49-,51+,52-,53-,54-/m1/s1. The number of nitrogens with zero attached hydrogens (tertiary/aromatic N) is 6. The van der Waals surface area contributed by atoms with Crippen molar-refractivity contribution in [1.82, 2.24) is 29.4 Å². The Bertz CT molecular complexity index is 2190. The van der Waals surface area contributed by atoms with Crippen LogP contribution in [0.3, 0.4) is 0 Å². The summed E-state index contributed by atoms with van der Waals surface area (Å²) >= 11 is 0. The molecule has 1 aromatic carbocycles. The van der Waals surface area contributed by atoms with Crippen LogP contribution in [0.1, 0.15) is 119 Å². The molecule has 6 rings (SSSR count). The van der Waals surface area contributed by atoms with E-state index in [9.17, 15) is 30.3 Å². The number of aromatic nitrogens is 4. The zero-order valence-electron chi connectivity index (χ0n) is 45.7. The first-order valence-corrected chi connectivity index (χ1v) is 26.5. The van der Waals surface area contributed by atoms with E-state index in [0.29, 0.717) is 32.5 Å². The second kappa shape index (κ2) is 24.3. The molecule has 18 heteroatoms. The normalized spacial score (nSPS) is 39.2. The zero-order chi connectivity index (χ0) is 53.0. The molecule has 0 unspecified atom stereocenters. The maximum Gasteiger partial charge on any atom is 0.311 e. The van der Waals surface area contributed by atoms with Gasteiger partial charge in [-0.1, -0.05) is 44.2 Å². The summed E-state index contributed by atoms with van der Waals surface area (Å²) in [6.07, 6.45) is -1.44. The molecular formula is C54H90N6O12. The fourth-order valence-corrected chi connectivity index (χ4v) is 11.9. The quantitative estimate of drug-likeness (QED) is 0.104. The van der Waals surface area contributed by atoms with Gasteiger partial charge < -0.3 is 63.4 Å². The second-order valence-electron chi connectivity index (χ2n) is 22.7.